The standard InChI is InChI=1S/C12H16FNO2/c1-7-6-10(13)4-5-11(7)14-9(3)8(2)12(15)16/h4-6,8-9,14H,1-3H3,(H,15,16). The second kappa shape index (κ2) is 4.96. The third-order valence-corrected chi connectivity index (χ3v) is 2.71. The van der Waals surface area contributed by atoms with E-state index in [0.29, 0.717) is 0 Å². The number of nitrogens with one attached hydrogen (secondary N) is 1. The van der Waals surface area contributed by atoms with Crippen LogP contribution in [0.4, 0.5) is 10.1 Å². The number of carbonyl (C=O) groups is 1. The summed E-state index contributed by atoms with van der Waals surface area (Å²) in [7, 11) is 0. The summed E-state index contributed by atoms with van der Waals surface area (Å²) in [6.45, 7) is 5.21. The Balaban J connectivity index is 2.77. The Labute approximate surface area is 94.3 Å². The van der Waals surface area contributed by atoms with Gasteiger partial charge in [0.2, 0.25) is 0 Å². The Bertz CT molecular complexity index is 393. The third kappa shape index (κ3) is 2.95. The van der Waals surface area contributed by atoms with Crippen molar-refractivity contribution in [2.45, 2.75) is 26.8 Å². The number of anilines is 1. The zero-order valence-corrected chi connectivity index (χ0v) is 9.62. The second-order valence-electron chi connectivity index (χ2n) is 4.02. The van der Waals surface area contributed by atoms with Crippen molar-refractivity contribution < 1.29 is 14.3 Å². The molecular formula is C12H16FNO2. The summed E-state index contributed by atoms with van der Waals surface area (Å²) in [5.74, 6) is -1.63. The van der Waals surface area contributed by atoms with Crippen LogP contribution in [0.15, 0.2) is 18.2 Å². The van der Waals surface area contributed by atoms with Crippen LogP contribution in [-0.2, 0) is 4.79 Å². The minimum Gasteiger partial charge on any atom is -0.481 e. The maximum Gasteiger partial charge on any atom is 0.308 e. The minimum absolute atomic E-state index is 0.207. The molecule has 0 fully saturated rings. The molecular weight excluding hydrogens is 209 g/mol. The van der Waals surface area contributed by atoms with Gasteiger partial charge >= 0.3 is 5.97 Å². The number of carboxylic acid groups (broad SMARTS) is 1. The molecule has 0 aliphatic rings. The van der Waals surface area contributed by atoms with Crippen molar-refractivity contribution in [1.82, 2.24) is 0 Å². The van der Waals surface area contributed by atoms with Gasteiger partial charge < -0.3 is 10.4 Å². The van der Waals surface area contributed by atoms with Gasteiger partial charge in [-0.05, 0) is 44.5 Å². The quantitative estimate of drug-likeness (QED) is 0.828. The molecule has 0 aliphatic carbocycles. The van der Waals surface area contributed by atoms with Crippen molar-refractivity contribution >= 4 is 11.7 Å². The first kappa shape index (κ1) is 12.5. The number of carboxylic acids is 1. The highest BCUT2D eigenvalue weighted by Gasteiger charge is 2.19. The van der Waals surface area contributed by atoms with Crippen molar-refractivity contribution in [3.63, 3.8) is 0 Å². The van der Waals surface area contributed by atoms with Crippen LogP contribution in [0.3, 0.4) is 0 Å². The molecule has 0 spiro atoms. The first-order chi connectivity index (χ1) is 7.41. The Morgan fingerprint density at radius 2 is 2.06 bits per heavy atom. The van der Waals surface area contributed by atoms with E-state index >= 15 is 0 Å². The molecule has 1 rings (SSSR count). The van der Waals surface area contributed by atoms with E-state index in [1.54, 1.807) is 26.8 Å². The van der Waals surface area contributed by atoms with E-state index in [2.05, 4.69) is 5.32 Å². The average Bonchev–Trinajstić information content (AvgIpc) is 2.20. The van der Waals surface area contributed by atoms with Gasteiger partial charge in [-0.15, -0.1) is 0 Å². The lowest BCUT2D eigenvalue weighted by atomic mass is 10.0. The fourth-order valence-electron chi connectivity index (χ4n) is 1.37. The summed E-state index contributed by atoms with van der Waals surface area (Å²) in [5, 5.41) is 11.9. The highest BCUT2D eigenvalue weighted by Crippen LogP contribution is 2.18. The van der Waals surface area contributed by atoms with Crippen LogP contribution in [0.5, 0.6) is 0 Å². The molecule has 88 valence electrons. The Kier molecular flexibility index (Phi) is 3.88. The van der Waals surface area contributed by atoms with Crippen LogP contribution in [0.2, 0.25) is 0 Å². The van der Waals surface area contributed by atoms with Gasteiger partial charge in [0.15, 0.2) is 0 Å². The first-order valence-corrected chi connectivity index (χ1v) is 5.17. The normalized spacial score (nSPS) is 14.2. The number of rotatable bonds is 4. The average molecular weight is 225 g/mol. The van der Waals surface area contributed by atoms with E-state index < -0.39 is 11.9 Å². The molecule has 0 bridgehead atoms. The molecule has 16 heavy (non-hydrogen) atoms. The third-order valence-electron chi connectivity index (χ3n) is 2.71. The molecule has 1 aromatic carbocycles. The van der Waals surface area contributed by atoms with Crippen LogP contribution in [0, 0.1) is 18.7 Å². The van der Waals surface area contributed by atoms with Gasteiger partial charge in [-0.25, -0.2) is 4.39 Å². The zero-order valence-electron chi connectivity index (χ0n) is 9.62. The maximum absolute atomic E-state index is 12.8. The van der Waals surface area contributed by atoms with Crippen molar-refractivity contribution in [3.05, 3.63) is 29.6 Å². The number of hydrogen-bond acceptors (Lipinski definition) is 2. The molecule has 0 amide bonds. The van der Waals surface area contributed by atoms with E-state index in [1.165, 1.54) is 12.1 Å². The molecule has 0 heterocycles. The van der Waals surface area contributed by atoms with Crippen LogP contribution in [0.25, 0.3) is 0 Å². The first-order valence-electron chi connectivity index (χ1n) is 5.17. The molecule has 1 aromatic rings. The molecule has 2 N–H and O–H groups in total. The fraction of sp³-hybridized carbons (Fsp3) is 0.417. The molecule has 0 saturated carbocycles. The monoisotopic (exact) mass is 225 g/mol. The molecule has 4 heteroatoms. The van der Waals surface area contributed by atoms with Gasteiger partial charge in [0.05, 0.1) is 5.92 Å². The highest BCUT2D eigenvalue weighted by atomic mass is 19.1. The van der Waals surface area contributed by atoms with Gasteiger partial charge in [0.1, 0.15) is 5.82 Å². The van der Waals surface area contributed by atoms with E-state index in [-0.39, 0.29) is 11.9 Å². The van der Waals surface area contributed by atoms with Crippen molar-refractivity contribution in [2.75, 3.05) is 5.32 Å². The summed E-state index contributed by atoms with van der Waals surface area (Å²) >= 11 is 0. The molecule has 2 atom stereocenters. The summed E-state index contributed by atoms with van der Waals surface area (Å²) in [6.07, 6.45) is 0. The smallest absolute Gasteiger partial charge is 0.308 e. The van der Waals surface area contributed by atoms with E-state index in [4.69, 9.17) is 5.11 Å². The number of halogens is 1. The van der Waals surface area contributed by atoms with E-state index in [1.807, 2.05) is 0 Å². The summed E-state index contributed by atoms with van der Waals surface area (Å²) in [5.41, 5.74) is 1.53. The molecule has 0 aromatic heterocycles. The Hall–Kier alpha value is -1.58. The lowest BCUT2D eigenvalue weighted by Crippen LogP contribution is -2.29. The molecule has 0 saturated heterocycles. The number of benzene rings is 1. The van der Waals surface area contributed by atoms with Crippen molar-refractivity contribution in [1.29, 1.82) is 0 Å². The van der Waals surface area contributed by atoms with Crippen LogP contribution >= 0.6 is 0 Å². The zero-order chi connectivity index (χ0) is 12.3. The van der Waals surface area contributed by atoms with Crippen LogP contribution < -0.4 is 5.32 Å². The van der Waals surface area contributed by atoms with Gasteiger partial charge in [-0.2, -0.15) is 0 Å². The van der Waals surface area contributed by atoms with E-state index in [0.717, 1.165) is 11.3 Å². The van der Waals surface area contributed by atoms with E-state index in [9.17, 15) is 9.18 Å². The minimum atomic E-state index is -0.847. The van der Waals surface area contributed by atoms with Crippen LogP contribution in [-0.4, -0.2) is 17.1 Å². The SMILES string of the molecule is Cc1cc(F)ccc1NC(C)C(C)C(=O)O. The number of aryl methyl sites for hydroxylation is 1. The largest absolute Gasteiger partial charge is 0.481 e. The van der Waals surface area contributed by atoms with Gasteiger partial charge in [0, 0.05) is 11.7 Å². The van der Waals surface area contributed by atoms with Gasteiger partial charge in [-0.3, -0.25) is 4.79 Å². The highest BCUT2D eigenvalue weighted by molar-refractivity contribution is 5.71. The fourth-order valence-corrected chi connectivity index (χ4v) is 1.37. The second-order valence-corrected chi connectivity index (χ2v) is 4.02. The molecule has 3 nitrogen and oxygen atoms in total. The van der Waals surface area contributed by atoms with Gasteiger partial charge in [-0.1, -0.05) is 0 Å². The predicted molar refractivity (Wildman–Crippen MR) is 61.0 cm³/mol. The number of hydrogen-bond donors (Lipinski definition) is 2. The van der Waals surface area contributed by atoms with Crippen molar-refractivity contribution in [3.8, 4) is 0 Å². The predicted octanol–water partition coefficient (Wildman–Crippen LogP) is 2.66. The number of aliphatic carboxylic acids is 1. The van der Waals surface area contributed by atoms with Crippen molar-refractivity contribution in [2.24, 2.45) is 5.92 Å². The summed E-state index contributed by atoms with van der Waals surface area (Å²) in [4.78, 5) is 10.8. The summed E-state index contributed by atoms with van der Waals surface area (Å²) in [6, 6.07) is 4.19. The Morgan fingerprint density at radius 1 is 1.44 bits per heavy atom. The topological polar surface area (TPSA) is 49.3 Å². The molecule has 0 radical (unpaired) electrons. The lowest BCUT2D eigenvalue weighted by molar-refractivity contribution is -0.141. The molecule has 2 unspecified atom stereocenters. The van der Waals surface area contributed by atoms with Gasteiger partial charge in [0.25, 0.3) is 0 Å². The maximum atomic E-state index is 12.8. The summed E-state index contributed by atoms with van der Waals surface area (Å²) < 4.78 is 12.8. The lowest BCUT2D eigenvalue weighted by Gasteiger charge is -2.20. The van der Waals surface area contributed by atoms with Crippen LogP contribution in [0.1, 0.15) is 19.4 Å². The Morgan fingerprint density at radius 3 is 2.56 bits per heavy atom. The molecule has 0 aliphatic heterocycles.